The molecule has 0 aliphatic carbocycles. The third-order valence-corrected chi connectivity index (χ3v) is 4.67. The lowest BCUT2D eigenvalue weighted by Gasteiger charge is -2.30. The number of nitrogens with zero attached hydrogens (tertiary/aromatic N) is 7. The van der Waals surface area contributed by atoms with Crippen LogP contribution >= 0.6 is 0 Å². The van der Waals surface area contributed by atoms with Gasteiger partial charge in [-0.3, -0.25) is 0 Å². The van der Waals surface area contributed by atoms with E-state index in [2.05, 4.69) is 25.3 Å². The van der Waals surface area contributed by atoms with Crippen LogP contribution in [0.5, 0.6) is 5.75 Å². The number of aliphatic imine (C=N–C) groups is 1. The molecule has 162 valence electrons. The quantitative estimate of drug-likeness (QED) is 0.636. The number of fused-ring (bicyclic) bond motifs is 1. The normalized spacial score (nSPS) is 16.0. The number of benzene rings is 1. The number of carbonyl (C=O) groups excluding carboxylic acids is 1. The van der Waals surface area contributed by atoms with Crippen molar-refractivity contribution in [3.8, 4) is 11.4 Å². The molecule has 1 fully saturated rings. The highest BCUT2D eigenvalue weighted by molar-refractivity contribution is 5.91. The van der Waals surface area contributed by atoms with Crippen molar-refractivity contribution in [1.82, 2.24) is 29.9 Å². The maximum Gasteiger partial charge on any atom is 0.410 e. The monoisotopic (exact) mass is 423 g/mol. The van der Waals surface area contributed by atoms with Crippen molar-refractivity contribution < 1.29 is 14.3 Å². The van der Waals surface area contributed by atoms with Crippen molar-refractivity contribution in [1.29, 1.82) is 0 Å². The summed E-state index contributed by atoms with van der Waals surface area (Å²) < 4.78 is 12.3. The molecule has 0 spiro atoms. The van der Waals surface area contributed by atoms with Crippen LogP contribution in [0, 0.1) is 0 Å². The van der Waals surface area contributed by atoms with Gasteiger partial charge in [0.1, 0.15) is 11.4 Å². The number of amides is 1. The molecule has 0 atom stereocenters. The van der Waals surface area contributed by atoms with E-state index in [1.165, 1.54) is 0 Å². The summed E-state index contributed by atoms with van der Waals surface area (Å²) in [6.45, 7) is 6.60. The molecule has 31 heavy (non-hydrogen) atoms. The lowest BCUT2D eigenvalue weighted by molar-refractivity contribution is 0.0266. The van der Waals surface area contributed by atoms with Gasteiger partial charge in [0.05, 0.1) is 25.5 Å². The van der Waals surface area contributed by atoms with Crippen LogP contribution in [0.1, 0.15) is 33.6 Å². The zero-order valence-corrected chi connectivity index (χ0v) is 18.1. The molecule has 1 amide bonds. The van der Waals surface area contributed by atoms with Gasteiger partial charge in [-0.05, 0) is 57.9 Å². The fraction of sp³-hybridized carbons (Fsp3) is 0.429. The van der Waals surface area contributed by atoms with Crippen molar-refractivity contribution >= 4 is 28.9 Å². The third kappa shape index (κ3) is 4.79. The molecule has 10 nitrogen and oxygen atoms in total. The summed E-state index contributed by atoms with van der Waals surface area (Å²) in [5, 5.41) is 8.32. The Morgan fingerprint density at radius 1 is 1.19 bits per heavy atom. The Kier molecular flexibility index (Phi) is 5.53. The summed E-state index contributed by atoms with van der Waals surface area (Å²) in [6, 6.07) is 7.44. The molecule has 1 aromatic carbocycles. The van der Waals surface area contributed by atoms with E-state index in [1.807, 2.05) is 45.0 Å². The molecule has 0 bridgehead atoms. The molecule has 0 N–H and O–H groups in total. The van der Waals surface area contributed by atoms with Gasteiger partial charge in [-0.25, -0.2) is 14.8 Å². The smallest absolute Gasteiger partial charge is 0.410 e. The lowest BCUT2D eigenvalue weighted by atomic mass is 10.1. The highest BCUT2D eigenvalue weighted by Crippen LogP contribution is 2.20. The van der Waals surface area contributed by atoms with Gasteiger partial charge in [-0.15, -0.1) is 5.10 Å². The number of hydrogen-bond acceptors (Lipinski definition) is 8. The number of likely N-dealkylation sites (tertiary alicyclic amines) is 1. The minimum atomic E-state index is -0.535. The highest BCUT2D eigenvalue weighted by atomic mass is 16.6. The second-order valence-electron chi connectivity index (χ2n) is 8.26. The Morgan fingerprint density at radius 2 is 1.97 bits per heavy atom. The van der Waals surface area contributed by atoms with Gasteiger partial charge in [-0.1, -0.05) is 5.21 Å². The minimum absolute atomic E-state index is 0.311. The molecule has 1 saturated heterocycles. The molecule has 0 unspecified atom stereocenters. The van der Waals surface area contributed by atoms with Crippen molar-refractivity contribution in [2.45, 2.75) is 39.2 Å². The Labute approximate surface area is 179 Å². The molecule has 4 rings (SSSR count). The van der Waals surface area contributed by atoms with Gasteiger partial charge in [0, 0.05) is 12.3 Å². The Balaban J connectivity index is 1.58. The van der Waals surface area contributed by atoms with Crippen LogP contribution < -0.4 is 4.74 Å². The number of piperidine rings is 1. The lowest BCUT2D eigenvalue weighted by Crippen LogP contribution is -2.43. The fourth-order valence-corrected chi connectivity index (χ4v) is 3.24. The van der Waals surface area contributed by atoms with Crippen LogP contribution in [-0.2, 0) is 4.74 Å². The van der Waals surface area contributed by atoms with Crippen LogP contribution in [0.4, 0.5) is 10.7 Å². The summed E-state index contributed by atoms with van der Waals surface area (Å²) in [7, 11) is 1.62. The molecule has 1 aliphatic heterocycles. The minimum Gasteiger partial charge on any atom is -0.497 e. The first kappa shape index (κ1) is 20.7. The average Bonchev–Trinajstić information content (AvgIpc) is 3.16. The number of hydrogen-bond donors (Lipinski definition) is 0. The zero-order chi connectivity index (χ0) is 22.0. The first-order chi connectivity index (χ1) is 14.8. The molecular weight excluding hydrogens is 398 g/mol. The average molecular weight is 423 g/mol. The number of methoxy groups -OCH3 is 1. The van der Waals surface area contributed by atoms with E-state index in [0.717, 1.165) is 30.0 Å². The summed E-state index contributed by atoms with van der Waals surface area (Å²) in [4.78, 5) is 27.5. The Bertz CT molecular complexity index is 1120. The largest absolute Gasteiger partial charge is 0.497 e. The number of aromatic nitrogens is 5. The SMILES string of the molecule is COc1ccc(-n2nnc3cnc(/N=C4/CCCN(C(=O)OC(C)(C)C)C4)nc32)cc1. The van der Waals surface area contributed by atoms with Gasteiger partial charge < -0.3 is 14.4 Å². The molecule has 10 heteroatoms. The van der Waals surface area contributed by atoms with E-state index in [1.54, 1.807) is 22.9 Å². The van der Waals surface area contributed by atoms with Gasteiger partial charge in [0.2, 0.25) is 0 Å². The fourth-order valence-electron chi connectivity index (χ4n) is 3.24. The summed E-state index contributed by atoms with van der Waals surface area (Å²) >= 11 is 0. The summed E-state index contributed by atoms with van der Waals surface area (Å²) in [5.41, 5.74) is 2.22. The van der Waals surface area contributed by atoms with Crippen LogP contribution in [0.2, 0.25) is 0 Å². The Hall–Kier alpha value is -3.56. The molecule has 0 radical (unpaired) electrons. The predicted octanol–water partition coefficient (Wildman–Crippen LogP) is 3.32. The molecule has 2 aromatic heterocycles. The second kappa shape index (κ2) is 8.29. The van der Waals surface area contributed by atoms with Crippen molar-refractivity contribution in [3.63, 3.8) is 0 Å². The van der Waals surface area contributed by atoms with Crippen LogP contribution in [-0.4, -0.2) is 67.5 Å². The molecule has 0 saturated carbocycles. The number of ether oxygens (including phenoxy) is 2. The van der Waals surface area contributed by atoms with E-state index >= 15 is 0 Å². The van der Waals surface area contributed by atoms with Crippen molar-refractivity contribution in [2.75, 3.05) is 20.2 Å². The predicted molar refractivity (Wildman–Crippen MR) is 115 cm³/mol. The van der Waals surface area contributed by atoms with Gasteiger partial charge >= 0.3 is 6.09 Å². The zero-order valence-electron chi connectivity index (χ0n) is 18.1. The van der Waals surface area contributed by atoms with Crippen LogP contribution in [0.3, 0.4) is 0 Å². The molecule has 3 aromatic rings. The van der Waals surface area contributed by atoms with E-state index < -0.39 is 5.60 Å². The van der Waals surface area contributed by atoms with E-state index in [-0.39, 0.29) is 6.09 Å². The first-order valence-corrected chi connectivity index (χ1v) is 10.1. The maximum absolute atomic E-state index is 12.4. The topological polar surface area (TPSA) is 108 Å². The third-order valence-electron chi connectivity index (χ3n) is 4.67. The second-order valence-corrected chi connectivity index (χ2v) is 8.26. The number of rotatable bonds is 3. The van der Waals surface area contributed by atoms with Gasteiger partial charge in [0.15, 0.2) is 11.2 Å². The van der Waals surface area contributed by atoms with Crippen molar-refractivity contribution in [3.05, 3.63) is 30.5 Å². The maximum atomic E-state index is 12.4. The standard InChI is InChI=1S/C21H25N7O3/c1-21(2,3)31-20(29)27-11-5-6-14(13-27)23-19-22-12-17-18(24-19)28(26-25-17)15-7-9-16(30-4)10-8-15/h7-10,12H,5-6,11,13H2,1-4H3/b23-14-. The molecule has 1 aliphatic rings. The van der Waals surface area contributed by atoms with Crippen molar-refractivity contribution in [2.24, 2.45) is 4.99 Å². The number of carbonyl (C=O) groups is 1. The van der Waals surface area contributed by atoms with Crippen LogP contribution in [0.25, 0.3) is 16.9 Å². The van der Waals surface area contributed by atoms with E-state index in [0.29, 0.717) is 30.2 Å². The van der Waals surface area contributed by atoms with E-state index in [9.17, 15) is 4.79 Å². The summed E-state index contributed by atoms with van der Waals surface area (Å²) in [5.74, 6) is 1.06. The Morgan fingerprint density at radius 3 is 2.68 bits per heavy atom. The highest BCUT2D eigenvalue weighted by Gasteiger charge is 2.26. The van der Waals surface area contributed by atoms with E-state index in [4.69, 9.17) is 9.47 Å². The van der Waals surface area contributed by atoms with Crippen LogP contribution in [0.15, 0.2) is 35.5 Å². The molecular formula is C21H25N7O3. The van der Waals surface area contributed by atoms with Gasteiger partial charge in [-0.2, -0.15) is 9.67 Å². The molecule has 3 heterocycles. The summed E-state index contributed by atoms with van der Waals surface area (Å²) in [6.07, 6.45) is 2.85. The first-order valence-electron chi connectivity index (χ1n) is 10.1. The van der Waals surface area contributed by atoms with Gasteiger partial charge in [0.25, 0.3) is 5.95 Å².